The standard InChI is InChI=1S/C7H14FNO3/c1-5(8)3-9-6(4-10)7(11)12-2/h5-6,9-10H,3-4H2,1-2H3. The first-order valence-corrected chi connectivity index (χ1v) is 3.68. The molecule has 0 bridgehead atoms. The maximum atomic E-state index is 12.3. The van der Waals surface area contributed by atoms with Gasteiger partial charge in [0.25, 0.3) is 0 Å². The Labute approximate surface area is 70.7 Å². The zero-order chi connectivity index (χ0) is 9.56. The summed E-state index contributed by atoms with van der Waals surface area (Å²) in [6, 6.07) is -0.826. The van der Waals surface area contributed by atoms with E-state index in [2.05, 4.69) is 10.1 Å². The molecule has 0 spiro atoms. The molecule has 5 heteroatoms. The number of carbonyl (C=O) groups is 1. The van der Waals surface area contributed by atoms with Crippen LogP contribution >= 0.6 is 0 Å². The van der Waals surface area contributed by atoms with E-state index in [1.54, 1.807) is 0 Å². The van der Waals surface area contributed by atoms with Crippen LogP contribution in [-0.2, 0) is 9.53 Å². The van der Waals surface area contributed by atoms with Gasteiger partial charge < -0.3 is 9.84 Å². The lowest BCUT2D eigenvalue weighted by Crippen LogP contribution is -2.42. The second-order valence-electron chi connectivity index (χ2n) is 2.45. The Balaban J connectivity index is 3.75. The van der Waals surface area contributed by atoms with E-state index in [1.165, 1.54) is 14.0 Å². The minimum absolute atomic E-state index is 0.0281. The minimum atomic E-state index is -1.05. The Morgan fingerprint density at radius 2 is 2.33 bits per heavy atom. The van der Waals surface area contributed by atoms with Gasteiger partial charge in [0, 0.05) is 6.54 Å². The van der Waals surface area contributed by atoms with Crippen molar-refractivity contribution < 1.29 is 19.0 Å². The number of halogens is 1. The van der Waals surface area contributed by atoms with Crippen LogP contribution in [0.5, 0.6) is 0 Å². The number of aliphatic hydroxyl groups is 1. The number of hydrogen-bond donors (Lipinski definition) is 2. The van der Waals surface area contributed by atoms with Crippen molar-refractivity contribution in [2.24, 2.45) is 0 Å². The number of esters is 1. The van der Waals surface area contributed by atoms with Gasteiger partial charge in [-0.1, -0.05) is 0 Å². The highest BCUT2D eigenvalue weighted by molar-refractivity contribution is 5.75. The molecule has 0 aromatic rings. The Hall–Kier alpha value is -0.680. The zero-order valence-corrected chi connectivity index (χ0v) is 7.21. The molecule has 12 heavy (non-hydrogen) atoms. The Bertz CT molecular complexity index is 141. The molecule has 0 aliphatic heterocycles. The van der Waals surface area contributed by atoms with Gasteiger partial charge in [0.1, 0.15) is 12.2 Å². The van der Waals surface area contributed by atoms with Crippen molar-refractivity contribution in [3.8, 4) is 0 Å². The highest BCUT2D eigenvalue weighted by atomic mass is 19.1. The lowest BCUT2D eigenvalue weighted by Gasteiger charge is -2.13. The summed E-state index contributed by atoms with van der Waals surface area (Å²) in [5.74, 6) is -0.585. The molecule has 0 aliphatic rings. The smallest absolute Gasteiger partial charge is 0.325 e. The molecule has 4 nitrogen and oxygen atoms in total. The lowest BCUT2D eigenvalue weighted by molar-refractivity contribution is -0.144. The van der Waals surface area contributed by atoms with Crippen molar-refractivity contribution >= 4 is 5.97 Å². The van der Waals surface area contributed by atoms with Crippen molar-refractivity contribution in [2.75, 3.05) is 20.3 Å². The Kier molecular flexibility index (Phi) is 5.57. The van der Waals surface area contributed by atoms with Gasteiger partial charge in [-0.15, -0.1) is 0 Å². The van der Waals surface area contributed by atoms with Crippen molar-refractivity contribution in [3.63, 3.8) is 0 Å². The summed E-state index contributed by atoms with van der Waals surface area (Å²) in [5.41, 5.74) is 0. The maximum absolute atomic E-state index is 12.3. The van der Waals surface area contributed by atoms with E-state index in [-0.39, 0.29) is 13.2 Å². The summed E-state index contributed by atoms with van der Waals surface area (Å²) < 4.78 is 16.6. The molecule has 0 aliphatic carbocycles. The highest BCUT2D eigenvalue weighted by Crippen LogP contribution is 1.89. The van der Waals surface area contributed by atoms with Gasteiger partial charge in [-0.2, -0.15) is 0 Å². The summed E-state index contributed by atoms with van der Waals surface area (Å²) in [5, 5.41) is 11.2. The van der Waals surface area contributed by atoms with Gasteiger partial charge in [-0.25, -0.2) is 4.39 Å². The first-order chi connectivity index (χ1) is 5.61. The molecule has 0 saturated heterocycles. The molecule has 2 unspecified atom stereocenters. The number of nitrogens with one attached hydrogen (secondary N) is 1. The monoisotopic (exact) mass is 179 g/mol. The van der Waals surface area contributed by atoms with Crippen LogP contribution in [0.1, 0.15) is 6.92 Å². The number of ether oxygens (including phenoxy) is 1. The molecule has 72 valence electrons. The van der Waals surface area contributed by atoms with Gasteiger partial charge in [0.2, 0.25) is 0 Å². The second kappa shape index (κ2) is 5.91. The molecule has 0 heterocycles. The van der Waals surface area contributed by atoms with E-state index in [4.69, 9.17) is 5.11 Å². The van der Waals surface area contributed by atoms with Crippen LogP contribution in [-0.4, -0.2) is 43.6 Å². The van der Waals surface area contributed by atoms with E-state index in [0.29, 0.717) is 0 Å². The number of hydrogen-bond acceptors (Lipinski definition) is 4. The van der Waals surface area contributed by atoms with Crippen molar-refractivity contribution in [2.45, 2.75) is 19.1 Å². The summed E-state index contributed by atoms with van der Waals surface area (Å²) >= 11 is 0. The highest BCUT2D eigenvalue weighted by Gasteiger charge is 2.17. The van der Waals surface area contributed by atoms with Gasteiger partial charge in [0.15, 0.2) is 0 Å². The van der Waals surface area contributed by atoms with Crippen LogP contribution in [0.15, 0.2) is 0 Å². The van der Waals surface area contributed by atoms with E-state index < -0.39 is 18.2 Å². The topological polar surface area (TPSA) is 58.6 Å². The number of aliphatic hydroxyl groups excluding tert-OH is 1. The predicted molar refractivity (Wildman–Crippen MR) is 41.5 cm³/mol. The van der Waals surface area contributed by atoms with Crippen LogP contribution in [0.4, 0.5) is 4.39 Å². The Morgan fingerprint density at radius 3 is 2.67 bits per heavy atom. The Morgan fingerprint density at radius 1 is 1.75 bits per heavy atom. The average molecular weight is 179 g/mol. The molecular formula is C7H14FNO3. The summed E-state index contributed by atoms with van der Waals surface area (Å²) in [6.45, 7) is 0.998. The van der Waals surface area contributed by atoms with Crippen molar-refractivity contribution in [1.29, 1.82) is 0 Å². The molecule has 0 radical (unpaired) electrons. The van der Waals surface area contributed by atoms with E-state index in [9.17, 15) is 9.18 Å². The second-order valence-corrected chi connectivity index (χ2v) is 2.45. The van der Waals surface area contributed by atoms with Gasteiger partial charge in [-0.3, -0.25) is 10.1 Å². The number of carbonyl (C=O) groups excluding carboxylic acids is 1. The fourth-order valence-electron chi connectivity index (χ4n) is 0.669. The average Bonchev–Trinajstić information content (AvgIpc) is 2.04. The molecular weight excluding hydrogens is 165 g/mol. The van der Waals surface area contributed by atoms with Crippen LogP contribution in [0.25, 0.3) is 0 Å². The van der Waals surface area contributed by atoms with Crippen LogP contribution in [0, 0.1) is 0 Å². The molecule has 0 saturated carbocycles. The van der Waals surface area contributed by atoms with E-state index >= 15 is 0 Å². The molecule has 0 rings (SSSR count). The predicted octanol–water partition coefficient (Wildman–Crippen LogP) is -0.532. The summed E-state index contributed by atoms with van der Waals surface area (Å²) in [6.07, 6.45) is -1.05. The normalized spacial score (nSPS) is 15.3. The largest absolute Gasteiger partial charge is 0.468 e. The zero-order valence-electron chi connectivity index (χ0n) is 7.21. The van der Waals surface area contributed by atoms with E-state index in [1.807, 2.05) is 0 Å². The third-order valence-electron chi connectivity index (χ3n) is 1.31. The maximum Gasteiger partial charge on any atom is 0.325 e. The summed E-state index contributed by atoms with van der Waals surface area (Å²) in [7, 11) is 1.21. The van der Waals surface area contributed by atoms with Crippen LogP contribution in [0.2, 0.25) is 0 Å². The fourth-order valence-corrected chi connectivity index (χ4v) is 0.669. The molecule has 0 aromatic heterocycles. The van der Waals surface area contributed by atoms with E-state index in [0.717, 1.165) is 0 Å². The minimum Gasteiger partial charge on any atom is -0.468 e. The third-order valence-corrected chi connectivity index (χ3v) is 1.31. The summed E-state index contributed by atoms with van der Waals surface area (Å²) in [4.78, 5) is 10.8. The SMILES string of the molecule is COC(=O)C(CO)NCC(C)F. The first kappa shape index (κ1) is 11.3. The molecule has 2 N–H and O–H groups in total. The lowest BCUT2D eigenvalue weighted by atomic mass is 10.3. The van der Waals surface area contributed by atoms with Gasteiger partial charge >= 0.3 is 5.97 Å². The van der Waals surface area contributed by atoms with Crippen molar-refractivity contribution in [3.05, 3.63) is 0 Å². The number of alkyl halides is 1. The third kappa shape index (κ3) is 4.25. The molecule has 0 fully saturated rings. The quantitative estimate of drug-likeness (QED) is 0.557. The number of methoxy groups -OCH3 is 1. The molecule has 0 aromatic carbocycles. The van der Waals surface area contributed by atoms with Gasteiger partial charge in [-0.05, 0) is 6.92 Å². The van der Waals surface area contributed by atoms with Gasteiger partial charge in [0.05, 0.1) is 13.7 Å². The number of rotatable bonds is 5. The first-order valence-electron chi connectivity index (χ1n) is 3.68. The van der Waals surface area contributed by atoms with Crippen LogP contribution < -0.4 is 5.32 Å². The molecule has 0 amide bonds. The fraction of sp³-hybridized carbons (Fsp3) is 0.857. The van der Waals surface area contributed by atoms with Crippen molar-refractivity contribution in [1.82, 2.24) is 5.32 Å². The molecule has 2 atom stereocenters. The van der Waals surface area contributed by atoms with Crippen LogP contribution in [0.3, 0.4) is 0 Å².